The molecular weight excluding hydrogens is 390 g/mol. The van der Waals surface area contributed by atoms with Gasteiger partial charge in [-0.3, -0.25) is 4.79 Å². The molecule has 142 valence electrons. The predicted octanol–water partition coefficient (Wildman–Crippen LogP) is 5.50. The second kappa shape index (κ2) is 7.09. The van der Waals surface area contributed by atoms with Gasteiger partial charge in [0.2, 0.25) is 0 Å². The fraction of sp³-hybridized carbons (Fsp3) is 0.316. The minimum Gasteiger partial charge on any atom is -0.366 e. The van der Waals surface area contributed by atoms with Gasteiger partial charge >= 0.3 is 0 Å². The maximum Gasteiger partial charge on any atom is 0.169 e. The third-order valence-electron chi connectivity index (χ3n) is 4.61. The number of hydrogen-bond donors (Lipinski definition) is 1. The van der Waals surface area contributed by atoms with Crippen LogP contribution in [0.4, 0.5) is 10.2 Å². The van der Waals surface area contributed by atoms with Crippen LogP contribution in [0.5, 0.6) is 0 Å². The summed E-state index contributed by atoms with van der Waals surface area (Å²) in [6.07, 6.45) is 2.10. The average Bonchev–Trinajstić information content (AvgIpc) is 2.97. The number of carbonyl (C=O) groups is 1. The first-order valence-corrected chi connectivity index (χ1v) is 9.13. The van der Waals surface area contributed by atoms with Crippen LogP contribution in [0.1, 0.15) is 38.1 Å². The Labute approximate surface area is 166 Å². The van der Waals surface area contributed by atoms with Gasteiger partial charge in [-0.05, 0) is 30.5 Å². The van der Waals surface area contributed by atoms with Crippen molar-refractivity contribution >= 4 is 41.0 Å². The predicted molar refractivity (Wildman–Crippen MR) is 106 cm³/mol. The summed E-state index contributed by atoms with van der Waals surface area (Å²) in [6.45, 7) is 8.31. The molecule has 1 atom stereocenters. The largest absolute Gasteiger partial charge is 0.366 e. The van der Waals surface area contributed by atoms with E-state index in [0.717, 1.165) is 0 Å². The number of nitrogens with zero attached hydrogens (tertiary/aromatic N) is 3. The van der Waals surface area contributed by atoms with Crippen LogP contribution in [0, 0.1) is 11.2 Å². The lowest BCUT2D eigenvalue weighted by Crippen LogP contribution is -2.32. The van der Waals surface area contributed by atoms with Crippen LogP contribution in [-0.4, -0.2) is 26.9 Å². The first kappa shape index (κ1) is 19.6. The highest BCUT2D eigenvalue weighted by atomic mass is 35.5. The molecule has 0 amide bonds. The number of hydrogen-bond acceptors (Lipinski definition) is 4. The zero-order valence-electron chi connectivity index (χ0n) is 15.3. The number of aromatic nitrogens is 3. The van der Waals surface area contributed by atoms with Crippen LogP contribution >= 0.6 is 23.2 Å². The van der Waals surface area contributed by atoms with Gasteiger partial charge < -0.3 is 5.32 Å². The Hall–Kier alpha value is -2.18. The summed E-state index contributed by atoms with van der Waals surface area (Å²) in [6, 6.07) is 4.08. The third-order valence-corrected chi connectivity index (χ3v) is 5.20. The first-order valence-electron chi connectivity index (χ1n) is 8.38. The molecular formula is C19H19Cl2FN4O. The standard InChI is InChI=1S/C19H19Cl2FN4O/c1-10(19(2,3)4)24-18-15(13-6-5-12(22)7-14(13)20)16(21)25-17-11(9-27)8-23-26(17)18/h5-10,24H,1-4H3. The molecule has 0 saturated carbocycles. The Morgan fingerprint density at radius 3 is 2.59 bits per heavy atom. The van der Waals surface area contributed by atoms with Gasteiger partial charge in [0.15, 0.2) is 11.9 Å². The third kappa shape index (κ3) is 3.64. The molecule has 0 bridgehead atoms. The van der Waals surface area contributed by atoms with Crippen LogP contribution in [0.2, 0.25) is 10.2 Å². The normalized spacial score (nSPS) is 13.0. The van der Waals surface area contributed by atoms with Crippen molar-refractivity contribution < 1.29 is 9.18 Å². The van der Waals surface area contributed by atoms with Crippen molar-refractivity contribution in [2.24, 2.45) is 5.41 Å². The number of halogens is 3. The smallest absolute Gasteiger partial charge is 0.169 e. The lowest BCUT2D eigenvalue weighted by Gasteiger charge is -2.30. The molecule has 1 aromatic carbocycles. The number of benzene rings is 1. The summed E-state index contributed by atoms with van der Waals surface area (Å²) in [5, 5.41) is 8.05. The molecule has 0 fully saturated rings. The Morgan fingerprint density at radius 1 is 1.30 bits per heavy atom. The fourth-order valence-electron chi connectivity index (χ4n) is 2.55. The highest BCUT2D eigenvalue weighted by Gasteiger charge is 2.26. The molecule has 0 spiro atoms. The number of fused-ring (bicyclic) bond motifs is 1. The summed E-state index contributed by atoms with van der Waals surface area (Å²) in [7, 11) is 0. The number of aldehydes is 1. The Bertz CT molecular complexity index is 1030. The van der Waals surface area contributed by atoms with Crippen molar-refractivity contribution in [2.75, 3.05) is 5.32 Å². The lowest BCUT2D eigenvalue weighted by molar-refractivity contribution is 0.112. The Kier molecular flexibility index (Phi) is 5.14. The van der Waals surface area contributed by atoms with E-state index in [-0.39, 0.29) is 21.6 Å². The van der Waals surface area contributed by atoms with E-state index in [4.69, 9.17) is 23.2 Å². The lowest BCUT2D eigenvalue weighted by atomic mass is 9.88. The zero-order valence-corrected chi connectivity index (χ0v) is 16.9. The van der Waals surface area contributed by atoms with E-state index in [9.17, 15) is 9.18 Å². The molecule has 3 aromatic rings. The van der Waals surface area contributed by atoms with E-state index in [1.165, 1.54) is 22.8 Å². The van der Waals surface area contributed by atoms with Gasteiger partial charge in [0.05, 0.1) is 22.3 Å². The molecule has 1 unspecified atom stereocenters. The zero-order chi connectivity index (χ0) is 19.9. The Morgan fingerprint density at radius 2 is 2.00 bits per heavy atom. The molecule has 1 N–H and O–H groups in total. The van der Waals surface area contributed by atoms with Crippen molar-refractivity contribution in [2.45, 2.75) is 33.7 Å². The maximum atomic E-state index is 13.5. The number of rotatable bonds is 4. The molecule has 0 radical (unpaired) electrons. The topological polar surface area (TPSA) is 59.3 Å². The second-order valence-corrected chi connectivity index (χ2v) is 8.20. The van der Waals surface area contributed by atoms with Crippen LogP contribution in [-0.2, 0) is 0 Å². The fourth-order valence-corrected chi connectivity index (χ4v) is 3.08. The van der Waals surface area contributed by atoms with Crippen LogP contribution in [0.3, 0.4) is 0 Å². The van der Waals surface area contributed by atoms with Crippen molar-refractivity contribution in [1.29, 1.82) is 0 Å². The van der Waals surface area contributed by atoms with E-state index in [0.29, 0.717) is 34.4 Å². The minimum atomic E-state index is -0.450. The van der Waals surface area contributed by atoms with Gasteiger partial charge in [0.1, 0.15) is 16.8 Å². The Balaban J connectivity index is 2.33. The van der Waals surface area contributed by atoms with Crippen molar-refractivity contribution in [3.05, 3.63) is 46.0 Å². The van der Waals surface area contributed by atoms with Gasteiger partial charge in [0, 0.05) is 11.6 Å². The van der Waals surface area contributed by atoms with Gasteiger partial charge in [-0.15, -0.1) is 0 Å². The molecule has 0 saturated heterocycles. The van der Waals surface area contributed by atoms with E-state index < -0.39 is 5.82 Å². The van der Waals surface area contributed by atoms with Crippen molar-refractivity contribution in [1.82, 2.24) is 14.6 Å². The average molecular weight is 409 g/mol. The van der Waals surface area contributed by atoms with Gasteiger partial charge in [-0.25, -0.2) is 9.37 Å². The number of carbonyl (C=O) groups excluding carboxylic acids is 1. The highest BCUT2D eigenvalue weighted by molar-refractivity contribution is 6.36. The van der Waals surface area contributed by atoms with Crippen molar-refractivity contribution in [3.8, 4) is 11.1 Å². The SMILES string of the molecule is CC(Nc1c(-c2ccc(F)cc2Cl)c(Cl)nc2c(C=O)cnn12)C(C)(C)C. The summed E-state index contributed by atoms with van der Waals surface area (Å²) in [4.78, 5) is 15.6. The number of anilines is 1. The molecule has 8 heteroatoms. The monoisotopic (exact) mass is 408 g/mol. The summed E-state index contributed by atoms with van der Waals surface area (Å²) in [5.41, 5.74) is 1.59. The second-order valence-electron chi connectivity index (χ2n) is 7.44. The van der Waals surface area contributed by atoms with E-state index in [2.05, 4.69) is 36.2 Å². The minimum absolute atomic E-state index is 0.0148. The van der Waals surface area contributed by atoms with Gasteiger partial charge in [-0.1, -0.05) is 44.0 Å². The van der Waals surface area contributed by atoms with Crippen molar-refractivity contribution in [3.63, 3.8) is 0 Å². The molecule has 0 aliphatic carbocycles. The molecule has 0 aliphatic heterocycles. The molecule has 3 rings (SSSR count). The summed E-state index contributed by atoms with van der Waals surface area (Å²) >= 11 is 12.8. The summed E-state index contributed by atoms with van der Waals surface area (Å²) < 4.78 is 15.0. The summed E-state index contributed by atoms with van der Waals surface area (Å²) in [5.74, 6) is 0.0860. The molecule has 27 heavy (non-hydrogen) atoms. The molecule has 2 aromatic heterocycles. The van der Waals surface area contributed by atoms with Crippen LogP contribution < -0.4 is 5.32 Å². The van der Waals surface area contributed by atoms with Gasteiger partial charge in [0.25, 0.3) is 0 Å². The number of nitrogens with one attached hydrogen (secondary N) is 1. The van der Waals surface area contributed by atoms with E-state index in [1.807, 2.05) is 6.92 Å². The van der Waals surface area contributed by atoms with Gasteiger partial charge in [-0.2, -0.15) is 9.61 Å². The van der Waals surface area contributed by atoms with E-state index >= 15 is 0 Å². The van der Waals surface area contributed by atoms with Crippen LogP contribution in [0.25, 0.3) is 16.8 Å². The quantitative estimate of drug-likeness (QED) is 0.457. The van der Waals surface area contributed by atoms with Crippen LogP contribution in [0.15, 0.2) is 24.4 Å². The molecule has 5 nitrogen and oxygen atoms in total. The first-order chi connectivity index (χ1) is 12.6. The molecule has 2 heterocycles. The highest BCUT2D eigenvalue weighted by Crippen LogP contribution is 2.40. The maximum absolute atomic E-state index is 13.5. The molecule has 0 aliphatic rings. The van der Waals surface area contributed by atoms with E-state index in [1.54, 1.807) is 6.07 Å².